The lowest BCUT2D eigenvalue weighted by atomic mass is 9.64. The van der Waals surface area contributed by atoms with Crippen molar-refractivity contribution in [2.24, 2.45) is 5.41 Å². The molecule has 4 heteroatoms. The van der Waals surface area contributed by atoms with Crippen molar-refractivity contribution in [2.45, 2.75) is 45.3 Å². The topological polar surface area (TPSA) is 62.2 Å². The number of nitrogens with zero attached hydrogens (tertiary/aromatic N) is 1. The fourth-order valence-electron chi connectivity index (χ4n) is 2.20. The zero-order chi connectivity index (χ0) is 13.2. The van der Waals surface area contributed by atoms with Gasteiger partial charge in [-0.05, 0) is 25.0 Å². The molecule has 0 spiro atoms. The van der Waals surface area contributed by atoms with Crippen LogP contribution < -0.4 is 5.32 Å². The third kappa shape index (κ3) is 2.70. The summed E-state index contributed by atoms with van der Waals surface area (Å²) in [4.78, 5) is 16.0. The summed E-state index contributed by atoms with van der Waals surface area (Å²) in [7, 11) is 0. The molecule has 1 saturated carbocycles. The van der Waals surface area contributed by atoms with Gasteiger partial charge in [-0.3, -0.25) is 9.78 Å². The summed E-state index contributed by atoms with van der Waals surface area (Å²) in [6.45, 7) is 3.95. The van der Waals surface area contributed by atoms with Crippen molar-refractivity contribution in [2.75, 3.05) is 0 Å². The molecular weight excluding hydrogens is 228 g/mol. The van der Waals surface area contributed by atoms with Crippen LogP contribution in [-0.2, 0) is 11.2 Å². The van der Waals surface area contributed by atoms with Crippen LogP contribution >= 0.6 is 0 Å². The SMILES string of the molecule is CC1(C)C(O)CC1NC(=O)CCc1ccccn1. The second-order valence-corrected chi connectivity index (χ2v) is 5.51. The van der Waals surface area contributed by atoms with Crippen molar-refractivity contribution in [1.82, 2.24) is 10.3 Å². The Balaban J connectivity index is 1.77. The van der Waals surface area contributed by atoms with Gasteiger partial charge in [0.2, 0.25) is 5.91 Å². The van der Waals surface area contributed by atoms with Gasteiger partial charge in [0, 0.05) is 29.8 Å². The average molecular weight is 248 g/mol. The van der Waals surface area contributed by atoms with Crippen molar-refractivity contribution in [3.8, 4) is 0 Å². The largest absolute Gasteiger partial charge is 0.392 e. The third-order valence-electron chi connectivity index (χ3n) is 3.89. The molecule has 0 radical (unpaired) electrons. The number of aliphatic hydroxyl groups excluding tert-OH is 1. The lowest BCUT2D eigenvalue weighted by Crippen LogP contribution is -2.61. The van der Waals surface area contributed by atoms with E-state index in [1.807, 2.05) is 32.0 Å². The third-order valence-corrected chi connectivity index (χ3v) is 3.89. The first kappa shape index (κ1) is 13.0. The molecule has 1 heterocycles. The highest BCUT2D eigenvalue weighted by Gasteiger charge is 2.47. The number of aryl methyl sites for hydroxylation is 1. The Morgan fingerprint density at radius 1 is 1.56 bits per heavy atom. The minimum absolute atomic E-state index is 0.0330. The average Bonchev–Trinajstić information content (AvgIpc) is 2.37. The first-order chi connectivity index (χ1) is 8.50. The lowest BCUT2D eigenvalue weighted by Gasteiger charge is -2.49. The molecule has 1 aliphatic carbocycles. The molecule has 0 bridgehead atoms. The van der Waals surface area contributed by atoms with Crippen molar-refractivity contribution >= 4 is 5.91 Å². The van der Waals surface area contributed by atoms with Gasteiger partial charge in [0.05, 0.1) is 6.10 Å². The number of carbonyl (C=O) groups excluding carboxylic acids is 1. The zero-order valence-corrected chi connectivity index (χ0v) is 10.9. The molecule has 2 unspecified atom stereocenters. The van der Waals surface area contributed by atoms with Gasteiger partial charge in [-0.2, -0.15) is 0 Å². The van der Waals surface area contributed by atoms with E-state index in [0.717, 1.165) is 5.69 Å². The van der Waals surface area contributed by atoms with Gasteiger partial charge < -0.3 is 10.4 Å². The number of hydrogen-bond acceptors (Lipinski definition) is 3. The van der Waals surface area contributed by atoms with Gasteiger partial charge >= 0.3 is 0 Å². The van der Waals surface area contributed by atoms with E-state index in [1.54, 1.807) is 6.20 Å². The number of aromatic nitrogens is 1. The second-order valence-electron chi connectivity index (χ2n) is 5.51. The predicted molar refractivity (Wildman–Crippen MR) is 68.9 cm³/mol. The minimum Gasteiger partial charge on any atom is -0.392 e. The summed E-state index contributed by atoms with van der Waals surface area (Å²) < 4.78 is 0. The summed E-state index contributed by atoms with van der Waals surface area (Å²) in [5.41, 5.74) is 0.723. The number of amides is 1. The normalized spacial score (nSPS) is 25.3. The molecule has 0 aliphatic heterocycles. The zero-order valence-electron chi connectivity index (χ0n) is 10.9. The highest BCUT2D eigenvalue weighted by Crippen LogP contribution is 2.40. The second kappa shape index (κ2) is 5.06. The van der Waals surface area contributed by atoms with E-state index in [2.05, 4.69) is 10.3 Å². The van der Waals surface area contributed by atoms with E-state index in [4.69, 9.17) is 0 Å². The van der Waals surface area contributed by atoms with E-state index in [1.165, 1.54) is 0 Å². The first-order valence-corrected chi connectivity index (χ1v) is 6.37. The van der Waals surface area contributed by atoms with Gasteiger partial charge in [-0.25, -0.2) is 0 Å². The number of rotatable bonds is 4. The summed E-state index contributed by atoms with van der Waals surface area (Å²) >= 11 is 0. The van der Waals surface area contributed by atoms with Crippen molar-refractivity contribution in [3.05, 3.63) is 30.1 Å². The maximum atomic E-state index is 11.8. The van der Waals surface area contributed by atoms with Gasteiger partial charge in [-0.1, -0.05) is 19.9 Å². The number of carbonyl (C=O) groups is 1. The quantitative estimate of drug-likeness (QED) is 0.844. The molecule has 0 saturated heterocycles. The molecule has 2 rings (SSSR count). The molecule has 1 aromatic rings. The fourth-order valence-corrected chi connectivity index (χ4v) is 2.20. The van der Waals surface area contributed by atoms with Crippen molar-refractivity contribution in [1.29, 1.82) is 0 Å². The van der Waals surface area contributed by atoms with Crippen LogP contribution in [0, 0.1) is 5.41 Å². The Bertz CT molecular complexity index is 417. The van der Waals surface area contributed by atoms with Crippen molar-refractivity contribution < 1.29 is 9.90 Å². The van der Waals surface area contributed by atoms with E-state index in [9.17, 15) is 9.90 Å². The maximum absolute atomic E-state index is 11.8. The van der Waals surface area contributed by atoms with Gasteiger partial charge in [0.25, 0.3) is 0 Å². The van der Waals surface area contributed by atoms with Crippen LogP contribution in [0.4, 0.5) is 0 Å². The van der Waals surface area contributed by atoms with Crippen molar-refractivity contribution in [3.63, 3.8) is 0 Å². The molecule has 0 aromatic carbocycles. The number of hydrogen-bond donors (Lipinski definition) is 2. The van der Waals surface area contributed by atoms with Gasteiger partial charge in [0.1, 0.15) is 0 Å². The van der Waals surface area contributed by atoms with Crippen LogP contribution in [0.2, 0.25) is 0 Å². The summed E-state index contributed by atoms with van der Waals surface area (Å²) in [5, 5.41) is 12.6. The lowest BCUT2D eigenvalue weighted by molar-refractivity contribution is -0.129. The van der Waals surface area contributed by atoms with Gasteiger partial charge in [-0.15, -0.1) is 0 Å². The highest BCUT2D eigenvalue weighted by molar-refractivity contribution is 5.76. The van der Waals surface area contributed by atoms with E-state index in [0.29, 0.717) is 19.3 Å². The molecule has 98 valence electrons. The fraction of sp³-hybridized carbons (Fsp3) is 0.571. The van der Waals surface area contributed by atoms with Crippen LogP contribution in [-0.4, -0.2) is 28.1 Å². The number of aliphatic hydroxyl groups is 1. The van der Waals surface area contributed by atoms with Crippen LogP contribution in [0.25, 0.3) is 0 Å². The summed E-state index contributed by atoms with van der Waals surface area (Å²) in [5.74, 6) is 0.0330. The van der Waals surface area contributed by atoms with Crippen LogP contribution in [0.3, 0.4) is 0 Å². The van der Waals surface area contributed by atoms with E-state index in [-0.39, 0.29) is 23.5 Å². The number of nitrogens with one attached hydrogen (secondary N) is 1. The molecule has 1 aromatic heterocycles. The predicted octanol–water partition coefficient (Wildman–Crippen LogP) is 1.29. The molecule has 2 atom stereocenters. The maximum Gasteiger partial charge on any atom is 0.220 e. The van der Waals surface area contributed by atoms with Crippen LogP contribution in [0.1, 0.15) is 32.4 Å². The molecule has 1 aliphatic rings. The Morgan fingerprint density at radius 3 is 2.89 bits per heavy atom. The van der Waals surface area contributed by atoms with Crippen LogP contribution in [0.5, 0.6) is 0 Å². The molecule has 4 nitrogen and oxygen atoms in total. The first-order valence-electron chi connectivity index (χ1n) is 6.37. The highest BCUT2D eigenvalue weighted by atomic mass is 16.3. The molecular formula is C14H20N2O2. The van der Waals surface area contributed by atoms with E-state index < -0.39 is 0 Å². The Labute approximate surface area is 107 Å². The molecule has 18 heavy (non-hydrogen) atoms. The minimum atomic E-state index is -0.307. The summed E-state index contributed by atoms with van der Waals surface area (Å²) in [6, 6.07) is 5.79. The van der Waals surface area contributed by atoms with Gasteiger partial charge in [0.15, 0.2) is 0 Å². The van der Waals surface area contributed by atoms with E-state index >= 15 is 0 Å². The smallest absolute Gasteiger partial charge is 0.220 e. The Kier molecular flexibility index (Phi) is 3.66. The molecule has 1 amide bonds. The Hall–Kier alpha value is -1.42. The standard InChI is InChI=1S/C14H20N2O2/c1-14(2)11(9-12(14)17)16-13(18)7-6-10-5-3-4-8-15-10/h3-5,8,11-12,17H,6-7,9H2,1-2H3,(H,16,18). The molecule has 1 fully saturated rings. The Morgan fingerprint density at radius 2 is 2.33 bits per heavy atom. The number of pyridine rings is 1. The summed E-state index contributed by atoms with van der Waals surface area (Å²) in [6.07, 6.45) is 3.18. The molecule has 2 N–H and O–H groups in total. The van der Waals surface area contributed by atoms with Crippen LogP contribution in [0.15, 0.2) is 24.4 Å². The monoisotopic (exact) mass is 248 g/mol.